The molecule has 0 radical (unpaired) electrons. The monoisotopic (exact) mass is 381 g/mol. The Bertz CT molecular complexity index is 1110. The van der Waals surface area contributed by atoms with E-state index >= 15 is 0 Å². The summed E-state index contributed by atoms with van der Waals surface area (Å²) in [5.41, 5.74) is 3.43. The van der Waals surface area contributed by atoms with E-state index in [1.54, 1.807) is 18.9 Å². The number of aryl methyl sites for hydroxylation is 3. The molecular formula is C21H23N3O4. The van der Waals surface area contributed by atoms with Crippen LogP contribution in [0, 0.1) is 13.8 Å². The van der Waals surface area contributed by atoms with E-state index in [9.17, 15) is 9.59 Å². The van der Waals surface area contributed by atoms with Gasteiger partial charge in [0.15, 0.2) is 0 Å². The molecule has 0 atom stereocenters. The van der Waals surface area contributed by atoms with Crippen molar-refractivity contribution in [2.45, 2.75) is 33.2 Å². The number of methoxy groups -OCH3 is 1. The molecule has 0 saturated carbocycles. The predicted molar refractivity (Wildman–Crippen MR) is 106 cm³/mol. The molecule has 7 nitrogen and oxygen atoms in total. The number of benzene rings is 1. The Morgan fingerprint density at radius 1 is 1.32 bits per heavy atom. The van der Waals surface area contributed by atoms with E-state index in [1.165, 1.54) is 16.5 Å². The van der Waals surface area contributed by atoms with Crippen LogP contribution >= 0.6 is 0 Å². The minimum atomic E-state index is -0.289. The lowest BCUT2D eigenvalue weighted by Crippen LogP contribution is -2.36. The molecule has 2 aromatic heterocycles. The van der Waals surface area contributed by atoms with Crippen LogP contribution in [0.15, 0.2) is 33.7 Å². The number of ether oxygens (including phenoxy) is 1. The van der Waals surface area contributed by atoms with Crippen molar-refractivity contribution in [2.24, 2.45) is 0 Å². The van der Waals surface area contributed by atoms with Gasteiger partial charge in [-0.2, -0.15) is 0 Å². The second-order valence-corrected chi connectivity index (χ2v) is 7.14. The average molecular weight is 381 g/mol. The number of nitrogens with zero attached hydrogens (tertiary/aromatic N) is 3. The van der Waals surface area contributed by atoms with Gasteiger partial charge in [-0.15, -0.1) is 0 Å². The van der Waals surface area contributed by atoms with Crippen LogP contribution in [0.25, 0.3) is 11.1 Å². The van der Waals surface area contributed by atoms with E-state index in [0.717, 1.165) is 24.1 Å². The number of carbonyl (C=O) groups is 1. The van der Waals surface area contributed by atoms with Gasteiger partial charge in [0.05, 0.1) is 18.7 Å². The predicted octanol–water partition coefficient (Wildman–Crippen LogP) is 2.85. The number of hydrogen-bond donors (Lipinski definition) is 0. The first-order chi connectivity index (χ1) is 13.5. The van der Waals surface area contributed by atoms with Crippen LogP contribution in [0.1, 0.15) is 33.7 Å². The number of anilines is 1. The maximum Gasteiger partial charge on any atom is 0.265 e. The number of hydrogen-bond acceptors (Lipinski definition) is 5. The summed E-state index contributed by atoms with van der Waals surface area (Å²) < 4.78 is 12.2. The zero-order valence-electron chi connectivity index (χ0n) is 16.3. The van der Waals surface area contributed by atoms with Gasteiger partial charge >= 0.3 is 0 Å². The molecule has 1 aromatic carbocycles. The van der Waals surface area contributed by atoms with Crippen LogP contribution in [0.4, 0.5) is 5.69 Å². The molecule has 3 heterocycles. The molecule has 0 N–H and O–H groups in total. The van der Waals surface area contributed by atoms with Crippen LogP contribution in [0.5, 0.6) is 0 Å². The number of aromatic nitrogens is 2. The number of rotatable bonds is 4. The highest BCUT2D eigenvalue weighted by molar-refractivity contribution is 6.14. The molecule has 1 amide bonds. The molecule has 0 bridgehead atoms. The molecule has 146 valence electrons. The summed E-state index contributed by atoms with van der Waals surface area (Å²) in [5.74, 6) is 0.192. The summed E-state index contributed by atoms with van der Waals surface area (Å²) in [6.07, 6.45) is 3.25. The first kappa shape index (κ1) is 18.4. The largest absolute Gasteiger partial charge is 0.442 e. The highest BCUT2D eigenvalue weighted by Crippen LogP contribution is 2.31. The summed E-state index contributed by atoms with van der Waals surface area (Å²) in [6.45, 7) is 5.10. The van der Waals surface area contributed by atoms with Crippen LogP contribution in [0.2, 0.25) is 0 Å². The van der Waals surface area contributed by atoms with Gasteiger partial charge in [0.1, 0.15) is 17.5 Å². The number of furan rings is 1. The molecule has 1 aliphatic heterocycles. The molecule has 0 fully saturated rings. The topological polar surface area (TPSA) is 77.6 Å². The van der Waals surface area contributed by atoms with E-state index in [0.29, 0.717) is 31.0 Å². The van der Waals surface area contributed by atoms with Crippen molar-refractivity contribution in [3.63, 3.8) is 0 Å². The summed E-state index contributed by atoms with van der Waals surface area (Å²) in [7, 11) is 1.57. The Labute approximate surface area is 162 Å². The molecule has 0 unspecified atom stereocenters. The summed E-state index contributed by atoms with van der Waals surface area (Å²) >= 11 is 0. The number of fused-ring (bicyclic) bond motifs is 2. The third-order valence-electron chi connectivity index (χ3n) is 5.20. The average Bonchev–Trinajstić information content (AvgIpc) is 3.03. The zero-order valence-corrected chi connectivity index (χ0v) is 16.3. The van der Waals surface area contributed by atoms with Crippen molar-refractivity contribution in [2.75, 3.05) is 25.2 Å². The number of amides is 1. The minimum Gasteiger partial charge on any atom is -0.442 e. The fraction of sp³-hybridized carbons (Fsp3) is 0.381. The summed E-state index contributed by atoms with van der Waals surface area (Å²) in [6, 6.07) is 6.10. The highest BCUT2D eigenvalue weighted by atomic mass is 16.5. The van der Waals surface area contributed by atoms with E-state index in [-0.39, 0.29) is 22.6 Å². The lowest BCUT2D eigenvalue weighted by molar-refractivity contribution is 0.0985. The maximum atomic E-state index is 13.5. The lowest BCUT2D eigenvalue weighted by atomic mass is 9.98. The van der Waals surface area contributed by atoms with E-state index in [4.69, 9.17) is 9.15 Å². The van der Waals surface area contributed by atoms with Gasteiger partial charge in [-0.25, -0.2) is 4.98 Å². The molecule has 4 rings (SSSR count). The second kappa shape index (κ2) is 7.24. The van der Waals surface area contributed by atoms with Gasteiger partial charge in [0, 0.05) is 19.3 Å². The van der Waals surface area contributed by atoms with E-state index in [2.05, 4.69) is 11.1 Å². The van der Waals surface area contributed by atoms with Crippen LogP contribution in [-0.4, -0.2) is 35.7 Å². The Morgan fingerprint density at radius 2 is 2.14 bits per heavy atom. The Morgan fingerprint density at radius 3 is 2.93 bits per heavy atom. The standard InChI is InChI=1S/C21H23N3O4/c1-13-6-7-16-15(11-13)5-4-8-24(16)21(26)17-14(2)28-19-18(17)20(25)23(12-22-19)9-10-27-3/h6-7,11-12H,4-5,8-10H2,1-3H3. The minimum absolute atomic E-state index is 0.195. The lowest BCUT2D eigenvalue weighted by Gasteiger charge is -2.29. The quantitative estimate of drug-likeness (QED) is 0.694. The van der Waals surface area contributed by atoms with E-state index in [1.807, 2.05) is 19.1 Å². The molecule has 28 heavy (non-hydrogen) atoms. The Balaban J connectivity index is 1.82. The SMILES string of the molecule is COCCn1cnc2oc(C)c(C(=O)N3CCCc4cc(C)ccc43)c2c1=O. The molecule has 3 aromatic rings. The van der Waals surface area contributed by atoms with Crippen molar-refractivity contribution in [1.82, 2.24) is 9.55 Å². The zero-order chi connectivity index (χ0) is 19.8. The smallest absolute Gasteiger partial charge is 0.265 e. The van der Waals surface area contributed by atoms with Crippen LogP contribution in [-0.2, 0) is 17.7 Å². The third-order valence-corrected chi connectivity index (χ3v) is 5.20. The van der Waals surface area contributed by atoms with Gasteiger partial charge in [0.2, 0.25) is 5.71 Å². The second-order valence-electron chi connectivity index (χ2n) is 7.14. The summed E-state index contributed by atoms with van der Waals surface area (Å²) in [5, 5.41) is 0.236. The fourth-order valence-corrected chi connectivity index (χ4v) is 3.82. The molecule has 0 aliphatic carbocycles. The maximum absolute atomic E-state index is 13.5. The van der Waals surface area contributed by atoms with Gasteiger partial charge < -0.3 is 14.1 Å². The molecular weight excluding hydrogens is 358 g/mol. The van der Waals surface area contributed by atoms with Crippen LogP contribution in [0.3, 0.4) is 0 Å². The van der Waals surface area contributed by atoms with Crippen molar-refractivity contribution < 1.29 is 13.9 Å². The summed E-state index contributed by atoms with van der Waals surface area (Å²) in [4.78, 5) is 32.5. The molecule has 7 heteroatoms. The molecule has 1 aliphatic rings. The Kier molecular flexibility index (Phi) is 4.77. The third kappa shape index (κ3) is 3.01. The van der Waals surface area contributed by atoms with E-state index < -0.39 is 0 Å². The highest BCUT2D eigenvalue weighted by Gasteiger charge is 2.30. The van der Waals surface area contributed by atoms with Gasteiger partial charge in [-0.3, -0.25) is 14.2 Å². The first-order valence-electron chi connectivity index (χ1n) is 9.40. The van der Waals surface area contributed by atoms with Gasteiger partial charge in [-0.1, -0.05) is 17.7 Å². The van der Waals surface area contributed by atoms with Crippen molar-refractivity contribution in [3.8, 4) is 0 Å². The fourth-order valence-electron chi connectivity index (χ4n) is 3.82. The van der Waals surface area contributed by atoms with Crippen LogP contribution < -0.4 is 10.5 Å². The molecule has 0 saturated heterocycles. The van der Waals surface area contributed by atoms with Crippen molar-refractivity contribution in [1.29, 1.82) is 0 Å². The Hall–Kier alpha value is -2.93. The number of carbonyl (C=O) groups excluding carboxylic acids is 1. The van der Waals surface area contributed by atoms with Crippen molar-refractivity contribution >= 4 is 22.7 Å². The van der Waals surface area contributed by atoms with Gasteiger partial charge in [-0.05, 0) is 38.3 Å². The molecule has 0 spiro atoms. The van der Waals surface area contributed by atoms with Gasteiger partial charge in [0.25, 0.3) is 11.5 Å². The normalized spacial score (nSPS) is 13.8. The first-order valence-corrected chi connectivity index (χ1v) is 9.40. The van der Waals surface area contributed by atoms with Crippen molar-refractivity contribution in [3.05, 3.63) is 57.3 Å².